The molecule has 0 saturated carbocycles. The Morgan fingerprint density at radius 2 is 1.73 bits per heavy atom. The molecule has 3 nitrogen and oxygen atoms in total. The van der Waals surface area contributed by atoms with Crippen LogP contribution in [0.25, 0.3) is 0 Å². The molecule has 0 heterocycles. The third-order valence-electron chi connectivity index (χ3n) is 3.61. The van der Waals surface area contributed by atoms with E-state index >= 15 is 0 Å². The van der Waals surface area contributed by atoms with E-state index in [1.54, 1.807) is 7.11 Å². The molecule has 0 aliphatic carbocycles. The van der Waals surface area contributed by atoms with Gasteiger partial charge in [-0.1, -0.05) is 36.8 Å². The van der Waals surface area contributed by atoms with Crippen LogP contribution < -0.4 is 10.1 Å². The molecule has 1 N–H and O–H groups in total. The van der Waals surface area contributed by atoms with E-state index in [-0.39, 0.29) is 5.91 Å². The van der Waals surface area contributed by atoms with Crippen molar-refractivity contribution >= 4 is 11.6 Å². The van der Waals surface area contributed by atoms with Crippen molar-refractivity contribution in [2.24, 2.45) is 5.92 Å². The number of aryl methyl sites for hydroxylation is 1. The average Bonchev–Trinajstić information content (AvgIpc) is 2.50. The highest BCUT2D eigenvalue weighted by Gasteiger charge is 2.10. The molecule has 0 aliphatic rings. The minimum atomic E-state index is 0.0461. The van der Waals surface area contributed by atoms with E-state index in [0.717, 1.165) is 17.9 Å². The first-order valence-corrected chi connectivity index (χ1v) is 7.56. The topological polar surface area (TPSA) is 38.3 Å². The number of benzene rings is 2. The van der Waals surface area contributed by atoms with E-state index in [0.29, 0.717) is 12.3 Å². The van der Waals surface area contributed by atoms with Crippen molar-refractivity contribution in [2.75, 3.05) is 12.4 Å². The first-order chi connectivity index (χ1) is 10.6. The van der Waals surface area contributed by atoms with Crippen LogP contribution in [0.4, 0.5) is 5.69 Å². The molecule has 116 valence electrons. The number of amides is 1. The highest BCUT2D eigenvalue weighted by Crippen LogP contribution is 2.17. The summed E-state index contributed by atoms with van der Waals surface area (Å²) in [6.45, 7) is 4.18. The lowest BCUT2D eigenvalue weighted by atomic mass is 9.97. The lowest BCUT2D eigenvalue weighted by molar-refractivity contribution is -0.116. The molecule has 0 aliphatic heterocycles. The molecule has 22 heavy (non-hydrogen) atoms. The molecule has 0 fully saturated rings. The smallest absolute Gasteiger partial charge is 0.224 e. The van der Waals surface area contributed by atoms with Crippen LogP contribution in [0, 0.1) is 12.8 Å². The van der Waals surface area contributed by atoms with Crippen LogP contribution in [0.5, 0.6) is 5.75 Å². The predicted molar refractivity (Wildman–Crippen MR) is 90.3 cm³/mol. The Bertz CT molecular complexity index is 602. The highest BCUT2D eigenvalue weighted by molar-refractivity contribution is 5.90. The zero-order chi connectivity index (χ0) is 15.9. The molecule has 2 rings (SSSR count). The van der Waals surface area contributed by atoms with Crippen molar-refractivity contribution in [3.63, 3.8) is 0 Å². The van der Waals surface area contributed by atoms with Gasteiger partial charge in [0.05, 0.1) is 7.11 Å². The SMILES string of the molecule is COc1ccc(NC(=O)C[C@H](C)Cc2ccc(C)cc2)cc1. The van der Waals surface area contributed by atoms with Gasteiger partial charge in [0.1, 0.15) is 5.75 Å². The molecular weight excluding hydrogens is 274 g/mol. The van der Waals surface area contributed by atoms with Gasteiger partial charge in [0, 0.05) is 12.1 Å². The maximum Gasteiger partial charge on any atom is 0.224 e. The van der Waals surface area contributed by atoms with Gasteiger partial charge < -0.3 is 10.1 Å². The van der Waals surface area contributed by atoms with Gasteiger partial charge in [0.2, 0.25) is 5.91 Å². The second-order valence-electron chi connectivity index (χ2n) is 5.78. The fraction of sp³-hybridized carbons (Fsp3) is 0.316. The molecule has 2 aromatic carbocycles. The van der Waals surface area contributed by atoms with Crippen molar-refractivity contribution in [1.29, 1.82) is 0 Å². The maximum absolute atomic E-state index is 12.1. The van der Waals surface area contributed by atoms with E-state index in [2.05, 4.69) is 43.4 Å². The minimum absolute atomic E-state index is 0.0461. The number of carbonyl (C=O) groups is 1. The van der Waals surface area contributed by atoms with Gasteiger partial charge in [0.25, 0.3) is 0 Å². The molecule has 0 radical (unpaired) electrons. The highest BCUT2D eigenvalue weighted by atomic mass is 16.5. The number of ether oxygens (including phenoxy) is 1. The first kappa shape index (κ1) is 16.1. The molecule has 0 saturated heterocycles. The van der Waals surface area contributed by atoms with Gasteiger partial charge in [-0.25, -0.2) is 0 Å². The van der Waals surface area contributed by atoms with Gasteiger partial charge in [-0.15, -0.1) is 0 Å². The zero-order valence-corrected chi connectivity index (χ0v) is 13.4. The van der Waals surface area contributed by atoms with Gasteiger partial charge in [-0.05, 0) is 49.1 Å². The van der Waals surface area contributed by atoms with E-state index < -0.39 is 0 Å². The summed E-state index contributed by atoms with van der Waals surface area (Å²) >= 11 is 0. The summed E-state index contributed by atoms with van der Waals surface area (Å²) in [5.41, 5.74) is 3.33. The molecule has 3 heteroatoms. The van der Waals surface area contributed by atoms with Crippen LogP contribution in [0.2, 0.25) is 0 Å². The van der Waals surface area contributed by atoms with Crippen LogP contribution in [-0.2, 0) is 11.2 Å². The van der Waals surface area contributed by atoms with Gasteiger partial charge >= 0.3 is 0 Å². The molecule has 1 atom stereocenters. The Morgan fingerprint density at radius 1 is 1.09 bits per heavy atom. The molecule has 2 aromatic rings. The van der Waals surface area contributed by atoms with Crippen LogP contribution in [-0.4, -0.2) is 13.0 Å². The predicted octanol–water partition coefficient (Wildman–Crippen LogP) is 4.21. The lowest BCUT2D eigenvalue weighted by Crippen LogP contribution is -2.16. The molecule has 0 bridgehead atoms. The van der Waals surface area contributed by atoms with Gasteiger partial charge in [0.15, 0.2) is 0 Å². The number of methoxy groups -OCH3 is 1. The van der Waals surface area contributed by atoms with Crippen molar-refractivity contribution in [3.05, 3.63) is 59.7 Å². The minimum Gasteiger partial charge on any atom is -0.497 e. The number of anilines is 1. The molecule has 0 aromatic heterocycles. The van der Waals surface area contributed by atoms with Gasteiger partial charge in [-0.3, -0.25) is 4.79 Å². The summed E-state index contributed by atoms with van der Waals surface area (Å²) in [6, 6.07) is 15.9. The summed E-state index contributed by atoms with van der Waals surface area (Å²) in [5.74, 6) is 1.14. The first-order valence-electron chi connectivity index (χ1n) is 7.56. The second kappa shape index (κ2) is 7.64. The zero-order valence-electron chi connectivity index (χ0n) is 13.4. The second-order valence-corrected chi connectivity index (χ2v) is 5.78. The summed E-state index contributed by atoms with van der Waals surface area (Å²) in [5, 5.41) is 2.92. The Hall–Kier alpha value is -2.29. The number of hydrogen-bond donors (Lipinski definition) is 1. The largest absolute Gasteiger partial charge is 0.497 e. The van der Waals surface area contributed by atoms with Crippen LogP contribution in [0.1, 0.15) is 24.5 Å². The number of nitrogens with one attached hydrogen (secondary N) is 1. The normalized spacial score (nSPS) is 11.8. The van der Waals surface area contributed by atoms with E-state index in [1.807, 2.05) is 24.3 Å². The third-order valence-corrected chi connectivity index (χ3v) is 3.61. The fourth-order valence-electron chi connectivity index (χ4n) is 2.40. The van der Waals surface area contributed by atoms with Crippen molar-refractivity contribution < 1.29 is 9.53 Å². The quantitative estimate of drug-likeness (QED) is 0.867. The molecule has 1 amide bonds. The van der Waals surface area contributed by atoms with Gasteiger partial charge in [-0.2, -0.15) is 0 Å². The lowest BCUT2D eigenvalue weighted by Gasteiger charge is -2.12. The third kappa shape index (κ3) is 4.92. The van der Waals surface area contributed by atoms with E-state index in [1.165, 1.54) is 11.1 Å². The van der Waals surface area contributed by atoms with Crippen molar-refractivity contribution in [2.45, 2.75) is 26.7 Å². The summed E-state index contributed by atoms with van der Waals surface area (Å²) in [6.07, 6.45) is 1.43. The summed E-state index contributed by atoms with van der Waals surface area (Å²) in [4.78, 5) is 12.1. The number of rotatable bonds is 6. The Kier molecular flexibility index (Phi) is 5.59. The standard InChI is InChI=1S/C19H23NO2/c1-14-4-6-16(7-5-14)12-15(2)13-19(21)20-17-8-10-18(22-3)11-9-17/h4-11,15H,12-13H2,1-3H3,(H,20,21)/t15-/m1/s1. The average molecular weight is 297 g/mol. The van der Waals surface area contributed by atoms with E-state index in [4.69, 9.17) is 4.74 Å². The summed E-state index contributed by atoms with van der Waals surface area (Å²) in [7, 11) is 1.63. The summed E-state index contributed by atoms with van der Waals surface area (Å²) < 4.78 is 5.10. The number of carbonyl (C=O) groups excluding carboxylic acids is 1. The van der Waals surface area contributed by atoms with Crippen molar-refractivity contribution in [3.8, 4) is 5.75 Å². The van der Waals surface area contributed by atoms with Crippen LogP contribution in [0.15, 0.2) is 48.5 Å². The Morgan fingerprint density at radius 3 is 2.32 bits per heavy atom. The molecule has 0 unspecified atom stereocenters. The Labute approximate surface area is 132 Å². The van der Waals surface area contributed by atoms with Crippen LogP contribution in [0.3, 0.4) is 0 Å². The number of hydrogen-bond acceptors (Lipinski definition) is 2. The molecule has 0 spiro atoms. The Balaban J connectivity index is 1.83. The van der Waals surface area contributed by atoms with Crippen molar-refractivity contribution in [1.82, 2.24) is 0 Å². The maximum atomic E-state index is 12.1. The van der Waals surface area contributed by atoms with Crippen LogP contribution >= 0.6 is 0 Å². The monoisotopic (exact) mass is 297 g/mol. The molecular formula is C19H23NO2. The fourth-order valence-corrected chi connectivity index (χ4v) is 2.40. The van der Waals surface area contributed by atoms with E-state index in [9.17, 15) is 4.79 Å².